The van der Waals surface area contributed by atoms with Gasteiger partial charge >= 0.3 is 0 Å². The summed E-state index contributed by atoms with van der Waals surface area (Å²) in [6.07, 6.45) is 0.786. The first-order valence-electron chi connectivity index (χ1n) is 9.78. The lowest BCUT2D eigenvalue weighted by molar-refractivity contribution is 0.0740. The zero-order valence-corrected chi connectivity index (χ0v) is 16.0. The fraction of sp³-hybridized carbons (Fsp3) is 0.318. The van der Waals surface area contributed by atoms with Crippen LogP contribution in [0.4, 0.5) is 5.69 Å². The van der Waals surface area contributed by atoms with E-state index in [9.17, 15) is 9.59 Å². The molecule has 1 aliphatic heterocycles. The molecule has 1 amide bonds. The van der Waals surface area contributed by atoms with Crippen LogP contribution in [-0.2, 0) is 6.54 Å². The SMILES string of the molecule is CCCn1nc(C(=O)N2CCN(c3ccccc3)CC2)c2ccccc2c1=O. The van der Waals surface area contributed by atoms with Crippen LogP contribution in [0.15, 0.2) is 59.4 Å². The fourth-order valence-corrected chi connectivity index (χ4v) is 3.71. The summed E-state index contributed by atoms with van der Waals surface area (Å²) >= 11 is 0. The Morgan fingerprint density at radius 3 is 2.25 bits per heavy atom. The van der Waals surface area contributed by atoms with Crippen molar-refractivity contribution in [1.82, 2.24) is 14.7 Å². The minimum atomic E-state index is -0.136. The molecule has 3 aromatic rings. The minimum absolute atomic E-state index is 0.103. The standard InChI is InChI=1S/C22H24N4O2/c1-2-12-26-21(27)19-11-7-6-10-18(19)20(23-26)22(28)25-15-13-24(14-16-25)17-8-4-3-5-9-17/h3-11H,2,12-16H2,1H3. The molecule has 144 valence electrons. The third-order valence-electron chi connectivity index (χ3n) is 5.19. The second-order valence-electron chi connectivity index (χ2n) is 7.04. The Kier molecular flexibility index (Phi) is 5.10. The number of rotatable bonds is 4. The first-order valence-corrected chi connectivity index (χ1v) is 9.78. The predicted octanol–water partition coefficient (Wildman–Crippen LogP) is 2.77. The van der Waals surface area contributed by atoms with Gasteiger partial charge in [-0.15, -0.1) is 0 Å². The molecule has 2 heterocycles. The number of amides is 1. The first kappa shape index (κ1) is 18.2. The lowest BCUT2D eigenvalue weighted by Crippen LogP contribution is -2.49. The Morgan fingerprint density at radius 2 is 1.57 bits per heavy atom. The Hall–Kier alpha value is -3.15. The fourth-order valence-electron chi connectivity index (χ4n) is 3.71. The van der Waals surface area contributed by atoms with Gasteiger partial charge in [0.15, 0.2) is 5.69 Å². The molecule has 6 heteroatoms. The van der Waals surface area contributed by atoms with Crippen LogP contribution in [0.1, 0.15) is 23.8 Å². The highest BCUT2D eigenvalue weighted by molar-refractivity contribution is 6.04. The van der Waals surface area contributed by atoms with E-state index in [1.165, 1.54) is 10.4 Å². The lowest BCUT2D eigenvalue weighted by atomic mass is 10.1. The normalized spacial score (nSPS) is 14.5. The summed E-state index contributed by atoms with van der Waals surface area (Å²) in [7, 11) is 0. The van der Waals surface area contributed by atoms with Crippen molar-refractivity contribution in [3.63, 3.8) is 0 Å². The molecule has 0 N–H and O–H groups in total. The third kappa shape index (κ3) is 3.38. The van der Waals surface area contributed by atoms with Gasteiger partial charge in [-0.1, -0.05) is 43.3 Å². The Labute approximate surface area is 164 Å². The number of aromatic nitrogens is 2. The molecule has 0 aliphatic carbocycles. The number of piperazine rings is 1. The van der Waals surface area contributed by atoms with E-state index in [-0.39, 0.29) is 11.5 Å². The van der Waals surface area contributed by atoms with Crippen LogP contribution >= 0.6 is 0 Å². The highest BCUT2D eigenvalue weighted by Gasteiger charge is 2.25. The molecule has 0 bridgehead atoms. The summed E-state index contributed by atoms with van der Waals surface area (Å²) in [4.78, 5) is 30.0. The van der Waals surface area contributed by atoms with Crippen LogP contribution in [-0.4, -0.2) is 46.8 Å². The van der Waals surface area contributed by atoms with Crippen molar-refractivity contribution < 1.29 is 4.79 Å². The van der Waals surface area contributed by atoms with Crippen molar-refractivity contribution in [2.75, 3.05) is 31.1 Å². The van der Waals surface area contributed by atoms with Gasteiger partial charge in [-0.25, -0.2) is 4.68 Å². The van der Waals surface area contributed by atoms with Crippen molar-refractivity contribution in [1.29, 1.82) is 0 Å². The van der Waals surface area contributed by atoms with Crippen molar-refractivity contribution in [2.24, 2.45) is 0 Å². The lowest BCUT2D eigenvalue weighted by Gasteiger charge is -2.36. The van der Waals surface area contributed by atoms with Gasteiger partial charge in [0, 0.05) is 43.8 Å². The topological polar surface area (TPSA) is 58.4 Å². The third-order valence-corrected chi connectivity index (χ3v) is 5.19. The van der Waals surface area contributed by atoms with Crippen LogP contribution in [0.25, 0.3) is 10.8 Å². The summed E-state index contributed by atoms with van der Waals surface area (Å²) in [5.74, 6) is -0.103. The van der Waals surface area contributed by atoms with Crippen molar-refractivity contribution >= 4 is 22.4 Å². The van der Waals surface area contributed by atoms with Gasteiger partial charge in [0.25, 0.3) is 11.5 Å². The Morgan fingerprint density at radius 1 is 0.929 bits per heavy atom. The number of aryl methyl sites for hydroxylation is 1. The highest BCUT2D eigenvalue weighted by atomic mass is 16.2. The smallest absolute Gasteiger partial charge is 0.275 e. The zero-order chi connectivity index (χ0) is 19.5. The van der Waals surface area contributed by atoms with Crippen molar-refractivity contribution in [3.8, 4) is 0 Å². The molecule has 6 nitrogen and oxygen atoms in total. The molecule has 1 aliphatic rings. The molecule has 1 saturated heterocycles. The molecule has 1 aromatic heterocycles. The summed E-state index contributed by atoms with van der Waals surface area (Å²) in [6, 6.07) is 17.5. The van der Waals surface area contributed by atoms with Crippen LogP contribution in [0.2, 0.25) is 0 Å². The summed E-state index contributed by atoms with van der Waals surface area (Å²) in [5, 5.41) is 5.63. The van der Waals surface area contributed by atoms with Crippen LogP contribution in [0.3, 0.4) is 0 Å². The van der Waals surface area contributed by atoms with Crippen molar-refractivity contribution in [3.05, 3.63) is 70.6 Å². The number of hydrogen-bond donors (Lipinski definition) is 0. The number of fused-ring (bicyclic) bond motifs is 1. The quantitative estimate of drug-likeness (QED) is 0.703. The average Bonchev–Trinajstić information content (AvgIpc) is 2.76. The molecular formula is C22H24N4O2. The average molecular weight is 376 g/mol. The van der Waals surface area contributed by atoms with E-state index in [0.717, 1.165) is 19.5 Å². The number of para-hydroxylation sites is 1. The summed E-state index contributed by atoms with van der Waals surface area (Å²) in [6.45, 7) is 5.33. The van der Waals surface area contributed by atoms with E-state index in [2.05, 4.69) is 22.1 Å². The van der Waals surface area contributed by atoms with Gasteiger partial charge in [0.05, 0.1) is 5.39 Å². The molecular weight excluding hydrogens is 352 g/mol. The van der Waals surface area contributed by atoms with E-state index >= 15 is 0 Å². The van der Waals surface area contributed by atoms with Gasteiger partial charge < -0.3 is 9.80 Å². The molecule has 0 saturated carbocycles. The van der Waals surface area contributed by atoms with Crippen LogP contribution in [0.5, 0.6) is 0 Å². The van der Waals surface area contributed by atoms with Crippen molar-refractivity contribution in [2.45, 2.75) is 19.9 Å². The maximum absolute atomic E-state index is 13.3. The Bertz CT molecular complexity index is 1040. The molecule has 1 fully saturated rings. The zero-order valence-electron chi connectivity index (χ0n) is 16.0. The molecule has 4 rings (SSSR count). The second kappa shape index (κ2) is 7.84. The molecule has 2 aromatic carbocycles. The van der Waals surface area contributed by atoms with E-state index in [1.54, 1.807) is 6.07 Å². The number of anilines is 1. The maximum Gasteiger partial charge on any atom is 0.275 e. The van der Waals surface area contributed by atoms with E-state index in [1.807, 2.05) is 48.2 Å². The predicted molar refractivity (Wildman–Crippen MR) is 111 cm³/mol. The number of carbonyl (C=O) groups excluding carboxylic acids is 1. The number of nitrogens with zero attached hydrogens (tertiary/aromatic N) is 4. The molecule has 0 radical (unpaired) electrons. The molecule has 28 heavy (non-hydrogen) atoms. The van der Waals surface area contributed by atoms with Gasteiger partial charge in [-0.2, -0.15) is 5.10 Å². The molecule has 0 unspecified atom stereocenters. The highest BCUT2D eigenvalue weighted by Crippen LogP contribution is 2.19. The molecule has 0 spiro atoms. The molecule has 0 atom stereocenters. The number of carbonyl (C=O) groups is 1. The summed E-state index contributed by atoms with van der Waals surface area (Å²) in [5.41, 5.74) is 1.41. The van der Waals surface area contributed by atoms with Gasteiger partial charge in [0.1, 0.15) is 0 Å². The van der Waals surface area contributed by atoms with E-state index in [0.29, 0.717) is 36.1 Å². The van der Waals surface area contributed by atoms with Crippen LogP contribution in [0, 0.1) is 0 Å². The largest absolute Gasteiger partial charge is 0.368 e. The monoisotopic (exact) mass is 376 g/mol. The minimum Gasteiger partial charge on any atom is -0.368 e. The first-order chi connectivity index (χ1) is 13.7. The maximum atomic E-state index is 13.3. The Balaban J connectivity index is 1.61. The number of hydrogen-bond acceptors (Lipinski definition) is 4. The summed E-state index contributed by atoms with van der Waals surface area (Å²) < 4.78 is 1.43. The van der Waals surface area contributed by atoms with E-state index < -0.39 is 0 Å². The van der Waals surface area contributed by atoms with Gasteiger partial charge in [-0.3, -0.25) is 9.59 Å². The van der Waals surface area contributed by atoms with E-state index in [4.69, 9.17) is 0 Å². The number of benzene rings is 2. The second-order valence-corrected chi connectivity index (χ2v) is 7.04. The van der Waals surface area contributed by atoms with Gasteiger partial charge in [-0.05, 0) is 24.6 Å². The van der Waals surface area contributed by atoms with Crippen LogP contribution < -0.4 is 10.5 Å². The van der Waals surface area contributed by atoms with Gasteiger partial charge in [0.2, 0.25) is 0 Å².